The summed E-state index contributed by atoms with van der Waals surface area (Å²) in [6, 6.07) is 6.69. The van der Waals surface area contributed by atoms with Crippen LogP contribution in [0.5, 0.6) is 0 Å². The molecule has 0 aliphatic carbocycles. The Labute approximate surface area is 102 Å². The van der Waals surface area contributed by atoms with Crippen LogP contribution in [0.3, 0.4) is 0 Å². The molecular formula is C14H17FN2. The molecule has 2 atom stereocenters. The predicted molar refractivity (Wildman–Crippen MR) is 64.7 cm³/mol. The van der Waals surface area contributed by atoms with Gasteiger partial charge in [-0.05, 0) is 29.5 Å². The highest BCUT2D eigenvalue weighted by Gasteiger charge is 2.25. The minimum atomic E-state index is -0.431. The van der Waals surface area contributed by atoms with Gasteiger partial charge in [-0.25, -0.2) is 4.39 Å². The molecule has 0 N–H and O–H groups in total. The third kappa shape index (κ3) is 2.65. The number of halogens is 1. The van der Waals surface area contributed by atoms with Gasteiger partial charge in [0.05, 0.1) is 5.56 Å². The van der Waals surface area contributed by atoms with Crippen molar-refractivity contribution in [2.24, 2.45) is 11.8 Å². The molecule has 0 saturated carbocycles. The molecule has 1 aromatic carbocycles. The fraction of sp³-hybridized carbons (Fsp3) is 0.500. The van der Waals surface area contributed by atoms with Crippen LogP contribution in [0, 0.1) is 29.0 Å². The first kappa shape index (κ1) is 12.1. The lowest BCUT2D eigenvalue weighted by atomic mass is 10.0. The normalized spacial score (nSPS) is 24.8. The highest BCUT2D eigenvalue weighted by atomic mass is 19.1. The van der Waals surface area contributed by atoms with E-state index in [2.05, 4.69) is 18.7 Å². The largest absolute Gasteiger partial charge is 0.299 e. The first-order valence-electron chi connectivity index (χ1n) is 6.01. The molecule has 2 nitrogen and oxygen atoms in total. The Morgan fingerprint density at radius 3 is 2.59 bits per heavy atom. The van der Waals surface area contributed by atoms with Crippen molar-refractivity contribution in [3.8, 4) is 6.07 Å². The lowest BCUT2D eigenvalue weighted by molar-refractivity contribution is 0.316. The average molecular weight is 232 g/mol. The first-order chi connectivity index (χ1) is 8.10. The van der Waals surface area contributed by atoms with Crippen molar-refractivity contribution in [3.63, 3.8) is 0 Å². The van der Waals surface area contributed by atoms with Crippen LogP contribution in [0.4, 0.5) is 4.39 Å². The summed E-state index contributed by atoms with van der Waals surface area (Å²) in [5, 5.41) is 8.78. The lowest BCUT2D eigenvalue weighted by Crippen LogP contribution is -2.20. The standard InChI is InChI=1S/C14H17FN2/c1-10-7-17(8-11(10)2)9-12-3-4-14(15)13(5-12)6-16/h3-5,10-11H,7-9H2,1-2H3. The van der Waals surface area contributed by atoms with Gasteiger partial charge in [-0.1, -0.05) is 19.9 Å². The molecule has 1 aliphatic rings. The van der Waals surface area contributed by atoms with E-state index in [0.29, 0.717) is 11.8 Å². The zero-order valence-electron chi connectivity index (χ0n) is 10.3. The van der Waals surface area contributed by atoms with Gasteiger partial charge in [-0.3, -0.25) is 4.90 Å². The van der Waals surface area contributed by atoms with E-state index in [-0.39, 0.29) is 5.56 Å². The molecule has 2 unspecified atom stereocenters. The number of nitrogens with zero attached hydrogens (tertiary/aromatic N) is 2. The molecule has 3 heteroatoms. The Kier molecular flexibility index (Phi) is 3.44. The molecule has 90 valence electrons. The molecule has 0 amide bonds. The zero-order chi connectivity index (χ0) is 12.4. The number of rotatable bonds is 2. The summed E-state index contributed by atoms with van der Waals surface area (Å²) in [5.41, 5.74) is 1.16. The second-order valence-electron chi connectivity index (χ2n) is 5.07. The molecule has 1 fully saturated rings. The van der Waals surface area contributed by atoms with Crippen molar-refractivity contribution in [2.75, 3.05) is 13.1 Å². The van der Waals surface area contributed by atoms with E-state index < -0.39 is 5.82 Å². The van der Waals surface area contributed by atoms with E-state index in [1.165, 1.54) is 6.07 Å². The highest BCUT2D eigenvalue weighted by Crippen LogP contribution is 2.24. The molecule has 0 aromatic heterocycles. The summed E-state index contributed by atoms with van der Waals surface area (Å²) in [7, 11) is 0. The fourth-order valence-electron chi connectivity index (χ4n) is 2.39. The second-order valence-corrected chi connectivity index (χ2v) is 5.07. The fourth-order valence-corrected chi connectivity index (χ4v) is 2.39. The maximum atomic E-state index is 13.2. The number of nitriles is 1. The molecule has 2 rings (SSSR count). The SMILES string of the molecule is CC1CN(Cc2ccc(F)c(C#N)c2)CC1C. The molecule has 1 aliphatic heterocycles. The van der Waals surface area contributed by atoms with Gasteiger partial charge in [0, 0.05) is 19.6 Å². The molecule has 0 spiro atoms. The van der Waals surface area contributed by atoms with E-state index >= 15 is 0 Å². The maximum absolute atomic E-state index is 13.2. The Morgan fingerprint density at radius 2 is 2.00 bits per heavy atom. The average Bonchev–Trinajstić information content (AvgIpc) is 2.61. The van der Waals surface area contributed by atoms with Crippen molar-refractivity contribution in [3.05, 3.63) is 35.1 Å². The summed E-state index contributed by atoms with van der Waals surface area (Å²) in [6.45, 7) is 7.50. The van der Waals surface area contributed by atoms with Gasteiger partial charge in [0.15, 0.2) is 0 Å². The number of hydrogen-bond donors (Lipinski definition) is 0. The quantitative estimate of drug-likeness (QED) is 0.784. The Morgan fingerprint density at radius 1 is 1.35 bits per heavy atom. The van der Waals surface area contributed by atoms with Crippen LogP contribution in [0.25, 0.3) is 0 Å². The van der Waals surface area contributed by atoms with Gasteiger partial charge in [0.1, 0.15) is 11.9 Å². The second kappa shape index (κ2) is 4.85. The van der Waals surface area contributed by atoms with Crippen LogP contribution in [0.15, 0.2) is 18.2 Å². The highest BCUT2D eigenvalue weighted by molar-refractivity contribution is 5.34. The van der Waals surface area contributed by atoms with Crippen LogP contribution in [-0.2, 0) is 6.54 Å². The van der Waals surface area contributed by atoms with Gasteiger partial charge < -0.3 is 0 Å². The summed E-state index contributed by atoms with van der Waals surface area (Å²) >= 11 is 0. The summed E-state index contributed by atoms with van der Waals surface area (Å²) in [4.78, 5) is 2.36. The van der Waals surface area contributed by atoms with Crippen molar-refractivity contribution in [2.45, 2.75) is 20.4 Å². The van der Waals surface area contributed by atoms with Gasteiger partial charge >= 0.3 is 0 Å². The van der Waals surface area contributed by atoms with Crippen LogP contribution >= 0.6 is 0 Å². The van der Waals surface area contributed by atoms with Crippen LogP contribution in [0.2, 0.25) is 0 Å². The lowest BCUT2D eigenvalue weighted by Gasteiger charge is -2.15. The van der Waals surface area contributed by atoms with E-state index in [0.717, 1.165) is 25.2 Å². The van der Waals surface area contributed by atoms with Crippen LogP contribution < -0.4 is 0 Å². The van der Waals surface area contributed by atoms with Crippen molar-refractivity contribution in [1.82, 2.24) is 4.90 Å². The first-order valence-corrected chi connectivity index (χ1v) is 6.01. The molecular weight excluding hydrogens is 215 g/mol. The molecule has 0 radical (unpaired) electrons. The Balaban J connectivity index is 2.07. The van der Waals surface area contributed by atoms with Gasteiger partial charge in [-0.2, -0.15) is 5.26 Å². The Hall–Kier alpha value is -1.40. The van der Waals surface area contributed by atoms with E-state index in [1.807, 2.05) is 6.07 Å². The van der Waals surface area contributed by atoms with E-state index in [1.54, 1.807) is 12.1 Å². The van der Waals surface area contributed by atoms with Crippen molar-refractivity contribution >= 4 is 0 Å². The van der Waals surface area contributed by atoms with E-state index in [9.17, 15) is 4.39 Å². The number of benzene rings is 1. The van der Waals surface area contributed by atoms with Crippen molar-refractivity contribution in [1.29, 1.82) is 5.26 Å². The third-order valence-electron chi connectivity index (χ3n) is 3.62. The monoisotopic (exact) mass is 232 g/mol. The van der Waals surface area contributed by atoms with Crippen LogP contribution in [-0.4, -0.2) is 18.0 Å². The number of hydrogen-bond acceptors (Lipinski definition) is 2. The predicted octanol–water partition coefficient (Wildman–Crippen LogP) is 2.79. The molecule has 1 saturated heterocycles. The smallest absolute Gasteiger partial charge is 0.140 e. The third-order valence-corrected chi connectivity index (χ3v) is 3.62. The van der Waals surface area contributed by atoms with E-state index in [4.69, 9.17) is 5.26 Å². The van der Waals surface area contributed by atoms with Crippen LogP contribution in [0.1, 0.15) is 25.0 Å². The summed E-state index contributed by atoms with van der Waals surface area (Å²) in [5.74, 6) is 0.996. The van der Waals surface area contributed by atoms with Gasteiger partial charge in [0.2, 0.25) is 0 Å². The maximum Gasteiger partial charge on any atom is 0.140 e. The van der Waals surface area contributed by atoms with Gasteiger partial charge in [-0.15, -0.1) is 0 Å². The molecule has 17 heavy (non-hydrogen) atoms. The topological polar surface area (TPSA) is 27.0 Å². The summed E-state index contributed by atoms with van der Waals surface area (Å²) < 4.78 is 13.2. The zero-order valence-corrected chi connectivity index (χ0v) is 10.3. The number of likely N-dealkylation sites (tertiary alicyclic amines) is 1. The van der Waals surface area contributed by atoms with Gasteiger partial charge in [0.25, 0.3) is 0 Å². The molecule has 1 aromatic rings. The molecule has 1 heterocycles. The minimum absolute atomic E-state index is 0.141. The minimum Gasteiger partial charge on any atom is -0.299 e. The Bertz CT molecular complexity index is 440. The molecule has 0 bridgehead atoms. The van der Waals surface area contributed by atoms with Crippen molar-refractivity contribution < 1.29 is 4.39 Å². The summed E-state index contributed by atoms with van der Waals surface area (Å²) in [6.07, 6.45) is 0.